The summed E-state index contributed by atoms with van der Waals surface area (Å²) in [6.07, 6.45) is 0.945. The highest BCUT2D eigenvalue weighted by Gasteiger charge is 2.54. The van der Waals surface area contributed by atoms with Crippen molar-refractivity contribution in [3.05, 3.63) is 35.4 Å². The van der Waals surface area contributed by atoms with Gasteiger partial charge < -0.3 is 16.3 Å². The first-order valence-electron chi connectivity index (χ1n) is 5.70. The Kier molecular flexibility index (Phi) is 3.37. The highest BCUT2D eigenvalue weighted by molar-refractivity contribution is 6.09. The molecule has 0 aliphatic heterocycles. The summed E-state index contributed by atoms with van der Waals surface area (Å²) in [5.74, 6) is -1.80. The monoisotopic (exact) mass is 269 g/mol. The van der Waals surface area contributed by atoms with Gasteiger partial charge in [-0.3, -0.25) is 4.79 Å². The zero-order valence-corrected chi connectivity index (χ0v) is 9.99. The number of nitrogens with two attached hydrogens (primary N) is 1. The maximum atomic E-state index is 13.4. The summed E-state index contributed by atoms with van der Waals surface area (Å²) in [7, 11) is 0. The van der Waals surface area contributed by atoms with E-state index in [0.29, 0.717) is 12.8 Å². The first kappa shape index (κ1) is 13.3. The van der Waals surface area contributed by atoms with Crippen molar-refractivity contribution in [2.24, 2.45) is 16.3 Å². The highest BCUT2D eigenvalue weighted by atomic mass is 19.1. The maximum Gasteiger partial charge on any atom is 0.234 e. The lowest BCUT2D eigenvalue weighted by molar-refractivity contribution is -0.124. The Morgan fingerprint density at radius 1 is 1.47 bits per heavy atom. The molecule has 1 aromatic rings. The molecule has 0 unspecified atom stereocenters. The van der Waals surface area contributed by atoms with E-state index in [4.69, 9.17) is 10.9 Å². The molecular formula is C12H13F2N3O2. The molecule has 0 bridgehead atoms. The van der Waals surface area contributed by atoms with Gasteiger partial charge >= 0.3 is 0 Å². The van der Waals surface area contributed by atoms with Crippen molar-refractivity contribution in [2.45, 2.75) is 19.4 Å². The van der Waals surface area contributed by atoms with Crippen LogP contribution < -0.4 is 11.1 Å². The molecule has 1 fully saturated rings. The molecule has 4 N–H and O–H groups in total. The summed E-state index contributed by atoms with van der Waals surface area (Å²) in [6.45, 7) is -0.150. The molecule has 7 heteroatoms. The molecule has 1 aliphatic rings. The van der Waals surface area contributed by atoms with Crippen molar-refractivity contribution >= 4 is 11.7 Å². The number of nitrogens with one attached hydrogen (secondary N) is 1. The highest BCUT2D eigenvalue weighted by Crippen LogP contribution is 2.46. The zero-order chi connectivity index (χ0) is 14.0. The number of hydrogen-bond donors (Lipinski definition) is 3. The lowest BCUT2D eigenvalue weighted by Gasteiger charge is -2.13. The van der Waals surface area contributed by atoms with Crippen LogP contribution in [0.4, 0.5) is 8.78 Å². The van der Waals surface area contributed by atoms with Crippen molar-refractivity contribution in [3.63, 3.8) is 0 Å². The van der Waals surface area contributed by atoms with Crippen molar-refractivity contribution in [2.75, 3.05) is 0 Å². The van der Waals surface area contributed by atoms with E-state index in [0.717, 1.165) is 18.2 Å². The zero-order valence-electron chi connectivity index (χ0n) is 9.99. The van der Waals surface area contributed by atoms with Crippen molar-refractivity contribution < 1.29 is 18.8 Å². The molecule has 19 heavy (non-hydrogen) atoms. The SMILES string of the molecule is N/C(=N/O)C1(C(=O)NCc2cc(F)ccc2F)CC1. The average molecular weight is 269 g/mol. The quantitative estimate of drug-likeness (QED) is 0.331. The number of hydrogen-bond acceptors (Lipinski definition) is 3. The van der Waals surface area contributed by atoms with E-state index in [1.165, 1.54) is 0 Å². The molecule has 2 rings (SSSR count). The lowest BCUT2D eigenvalue weighted by atomic mass is 10.1. The van der Waals surface area contributed by atoms with Gasteiger partial charge in [0.2, 0.25) is 5.91 Å². The predicted molar refractivity (Wildman–Crippen MR) is 63.3 cm³/mol. The van der Waals surface area contributed by atoms with Crippen LogP contribution in [0.1, 0.15) is 18.4 Å². The van der Waals surface area contributed by atoms with Gasteiger partial charge in [0.25, 0.3) is 0 Å². The Labute approximate surface area is 108 Å². The minimum Gasteiger partial charge on any atom is -0.409 e. The Balaban J connectivity index is 2.03. The molecule has 0 spiro atoms. The van der Waals surface area contributed by atoms with Gasteiger partial charge in [-0.15, -0.1) is 0 Å². The number of rotatable bonds is 4. The standard InChI is InChI=1S/C12H13F2N3O2/c13-8-1-2-9(14)7(5-8)6-16-11(18)12(3-4-12)10(15)17-19/h1-2,5,19H,3-4,6H2,(H2,15,17)(H,16,18). The van der Waals surface area contributed by atoms with Crippen LogP contribution in [-0.2, 0) is 11.3 Å². The molecular weight excluding hydrogens is 256 g/mol. The van der Waals surface area contributed by atoms with Gasteiger partial charge in [0, 0.05) is 12.1 Å². The third-order valence-corrected chi connectivity index (χ3v) is 3.23. The van der Waals surface area contributed by atoms with Crippen LogP contribution in [0.5, 0.6) is 0 Å². The molecule has 0 radical (unpaired) electrons. The Hall–Kier alpha value is -2.18. The summed E-state index contributed by atoms with van der Waals surface area (Å²) >= 11 is 0. The fourth-order valence-corrected chi connectivity index (χ4v) is 1.84. The van der Waals surface area contributed by atoms with Gasteiger partial charge in [0.1, 0.15) is 17.0 Å². The Morgan fingerprint density at radius 2 is 2.16 bits per heavy atom. The number of oxime groups is 1. The van der Waals surface area contributed by atoms with E-state index in [2.05, 4.69) is 10.5 Å². The van der Waals surface area contributed by atoms with Gasteiger partial charge in [0.15, 0.2) is 5.84 Å². The van der Waals surface area contributed by atoms with Crippen LogP contribution in [0, 0.1) is 17.0 Å². The summed E-state index contributed by atoms with van der Waals surface area (Å²) in [5.41, 5.74) is 4.49. The van der Waals surface area contributed by atoms with E-state index in [9.17, 15) is 13.6 Å². The van der Waals surface area contributed by atoms with Gasteiger partial charge in [-0.05, 0) is 31.0 Å². The maximum absolute atomic E-state index is 13.4. The van der Waals surface area contributed by atoms with Crippen molar-refractivity contribution in [1.82, 2.24) is 5.32 Å². The second-order valence-corrected chi connectivity index (χ2v) is 4.49. The second-order valence-electron chi connectivity index (χ2n) is 4.49. The number of nitrogens with zero attached hydrogens (tertiary/aromatic N) is 1. The van der Waals surface area contributed by atoms with E-state index >= 15 is 0 Å². The van der Waals surface area contributed by atoms with Crippen LogP contribution >= 0.6 is 0 Å². The third kappa shape index (κ3) is 2.49. The summed E-state index contributed by atoms with van der Waals surface area (Å²) in [6, 6.07) is 3.01. The number of amidine groups is 1. The minimum atomic E-state index is -1.00. The van der Waals surface area contributed by atoms with Crippen LogP contribution in [0.3, 0.4) is 0 Å². The smallest absolute Gasteiger partial charge is 0.234 e. The fourth-order valence-electron chi connectivity index (χ4n) is 1.84. The lowest BCUT2D eigenvalue weighted by Crippen LogP contribution is -2.40. The summed E-state index contributed by atoms with van der Waals surface area (Å²) < 4.78 is 26.3. The molecule has 0 atom stereocenters. The van der Waals surface area contributed by atoms with Crippen LogP contribution in [-0.4, -0.2) is 17.0 Å². The summed E-state index contributed by atoms with van der Waals surface area (Å²) in [5, 5.41) is 13.9. The molecule has 1 amide bonds. The number of benzene rings is 1. The second kappa shape index (κ2) is 4.83. The number of halogens is 2. The molecule has 102 valence electrons. The van der Waals surface area contributed by atoms with E-state index in [1.54, 1.807) is 0 Å². The van der Waals surface area contributed by atoms with Gasteiger partial charge in [-0.25, -0.2) is 8.78 Å². The molecule has 0 heterocycles. The van der Waals surface area contributed by atoms with E-state index in [-0.39, 0.29) is 17.9 Å². The topological polar surface area (TPSA) is 87.7 Å². The fraction of sp³-hybridized carbons (Fsp3) is 0.333. The Morgan fingerprint density at radius 3 is 2.74 bits per heavy atom. The van der Waals surface area contributed by atoms with Gasteiger partial charge in [-0.1, -0.05) is 5.16 Å². The molecule has 0 saturated heterocycles. The predicted octanol–water partition coefficient (Wildman–Crippen LogP) is 1.11. The Bertz CT molecular complexity index is 542. The average Bonchev–Trinajstić information content (AvgIpc) is 3.20. The normalized spacial score (nSPS) is 17.1. The van der Waals surface area contributed by atoms with Crippen LogP contribution in [0.15, 0.2) is 23.4 Å². The first-order valence-corrected chi connectivity index (χ1v) is 5.70. The van der Waals surface area contributed by atoms with Gasteiger partial charge in [0.05, 0.1) is 0 Å². The van der Waals surface area contributed by atoms with Crippen LogP contribution in [0.2, 0.25) is 0 Å². The third-order valence-electron chi connectivity index (χ3n) is 3.23. The molecule has 1 saturated carbocycles. The summed E-state index contributed by atoms with van der Waals surface area (Å²) in [4.78, 5) is 11.9. The minimum absolute atomic E-state index is 0.0451. The number of amides is 1. The number of carbonyl (C=O) groups is 1. The van der Waals surface area contributed by atoms with E-state index < -0.39 is 23.0 Å². The first-order chi connectivity index (χ1) is 8.99. The largest absolute Gasteiger partial charge is 0.409 e. The molecule has 1 aliphatic carbocycles. The van der Waals surface area contributed by atoms with Crippen LogP contribution in [0.25, 0.3) is 0 Å². The number of carbonyl (C=O) groups excluding carboxylic acids is 1. The van der Waals surface area contributed by atoms with E-state index in [1.807, 2.05) is 0 Å². The molecule has 0 aromatic heterocycles. The van der Waals surface area contributed by atoms with Crippen molar-refractivity contribution in [1.29, 1.82) is 0 Å². The molecule has 1 aromatic carbocycles. The van der Waals surface area contributed by atoms with Gasteiger partial charge in [-0.2, -0.15) is 0 Å². The van der Waals surface area contributed by atoms with Crippen molar-refractivity contribution in [3.8, 4) is 0 Å². The molecule has 5 nitrogen and oxygen atoms in total.